The van der Waals surface area contributed by atoms with Crippen LogP contribution < -0.4 is 0 Å². The Morgan fingerprint density at radius 2 is 1.61 bits per heavy atom. The second-order valence-corrected chi connectivity index (χ2v) is 4.07. The van der Waals surface area contributed by atoms with Crippen molar-refractivity contribution in [3.8, 4) is 0 Å². The van der Waals surface area contributed by atoms with Gasteiger partial charge in [-0.25, -0.2) is 4.79 Å². The number of ketones is 1. The highest BCUT2D eigenvalue weighted by Gasteiger charge is 2.44. The number of carbonyl (C=O) groups is 3. The van der Waals surface area contributed by atoms with Gasteiger partial charge in [0.25, 0.3) is 5.78 Å². The quantitative estimate of drug-likeness (QED) is 0.431. The summed E-state index contributed by atoms with van der Waals surface area (Å²) in [6, 6.07) is 12.7. The fourth-order valence-corrected chi connectivity index (χ4v) is 2.20. The fourth-order valence-electron chi connectivity index (χ4n) is 2.20. The van der Waals surface area contributed by atoms with Crippen LogP contribution in [0.3, 0.4) is 0 Å². The average molecular weight is 240 g/mol. The molecule has 0 bridgehead atoms. The van der Waals surface area contributed by atoms with Gasteiger partial charge in [0, 0.05) is 0 Å². The number of esters is 2. The third-order valence-corrected chi connectivity index (χ3v) is 3.03. The third kappa shape index (κ3) is 1.43. The molecule has 0 aliphatic carbocycles. The summed E-state index contributed by atoms with van der Waals surface area (Å²) >= 11 is 0. The molecular weight excluding hydrogens is 232 g/mol. The Hall–Kier alpha value is -2.49. The zero-order valence-corrected chi connectivity index (χ0v) is 9.25. The molecule has 0 spiro atoms. The predicted molar refractivity (Wildman–Crippen MR) is 62.8 cm³/mol. The van der Waals surface area contributed by atoms with Crippen LogP contribution in [0.5, 0.6) is 0 Å². The molecule has 88 valence electrons. The first-order chi connectivity index (χ1) is 8.68. The zero-order chi connectivity index (χ0) is 12.7. The molecule has 0 amide bonds. The first kappa shape index (κ1) is 10.7. The lowest BCUT2D eigenvalue weighted by molar-refractivity contribution is -0.154. The number of cyclic esters (lactones) is 2. The van der Waals surface area contributed by atoms with Gasteiger partial charge in [0.15, 0.2) is 5.92 Å². The van der Waals surface area contributed by atoms with Gasteiger partial charge in [-0.05, 0) is 16.3 Å². The molecule has 4 nitrogen and oxygen atoms in total. The number of benzene rings is 2. The molecule has 0 aromatic heterocycles. The van der Waals surface area contributed by atoms with E-state index in [1.54, 1.807) is 12.1 Å². The summed E-state index contributed by atoms with van der Waals surface area (Å²) in [7, 11) is 0. The molecule has 1 aliphatic rings. The summed E-state index contributed by atoms with van der Waals surface area (Å²) in [6.45, 7) is 0. The minimum Gasteiger partial charge on any atom is -0.386 e. The zero-order valence-electron chi connectivity index (χ0n) is 9.25. The number of Topliss-reactive ketones (excluding diaryl/α,β-unsaturated/α-hetero) is 1. The molecule has 1 atom stereocenters. The Balaban J connectivity index is 2.24. The van der Waals surface area contributed by atoms with Gasteiger partial charge in [-0.1, -0.05) is 42.5 Å². The van der Waals surface area contributed by atoms with E-state index in [-0.39, 0.29) is 0 Å². The van der Waals surface area contributed by atoms with Crippen LogP contribution in [-0.4, -0.2) is 17.7 Å². The van der Waals surface area contributed by atoms with E-state index in [0.29, 0.717) is 5.56 Å². The Morgan fingerprint density at radius 3 is 2.33 bits per heavy atom. The summed E-state index contributed by atoms with van der Waals surface area (Å²) < 4.78 is 4.36. The van der Waals surface area contributed by atoms with E-state index in [0.717, 1.165) is 10.8 Å². The van der Waals surface area contributed by atoms with Crippen LogP contribution in [0.15, 0.2) is 42.5 Å². The molecule has 1 unspecified atom stereocenters. The molecule has 0 N–H and O–H groups in total. The smallest absolute Gasteiger partial charge is 0.383 e. The van der Waals surface area contributed by atoms with Gasteiger partial charge in [-0.15, -0.1) is 0 Å². The molecule has 1 fully saturated rings. The van der Waals surface area contributed by atoms with Crippen molar-refractivity contribution in [2.24, 2.45) is 0 Å². The van der Waals surface area contributed by atoms with E-state index < -0.39 is 23.6 Å². The maximum Gasteiger partial charge on any atom is 0.383 e. The van der Waals surface area contributed by atoms with Crippen molar-refractivity contribution in [3.05, 3.63) is 48.0 Å². The van der Waals surface area contributed by atoms with Crippen LogP contribution in [0.25, 0.3) is 10.8 Å². The lowest BCUT2D eigenvalue weighted by atomic mass is 9.92. The number of carbonyl (C=O) groups excluding carboxylic acids is 3. The maximum absolute atomic E-state index is 11.7. The first-order valence-corrected chi connectivity index (χ1v) is 5.46. The van der Waals surface area contributed by atoms with E-state index in [1.165, 1.54) is 0 Å². The van der Waals surface area contributed by atoms with Crippen molar-refractivity contribution in [3.63, 3.8) is 0 Å². The average Bonchev–Trinajstić information content (AvgIpc) is 2.63. The van der Waals surface area contributed by atoms with Crippen molar-refractivity contribution in [2.45, 2.75) is 5.92 Å². The number of ether oxygens (including phenoxy) is 1. The molecule has 0 saturated carbocycles. The minimum absolute atomic E-state index is 0.522. The lowest BCUT2D eigenvalue weighted by Crippen LogP contribution is -2.15. The standard InChI is InChI=1S/C14H8O4/c15-12-11(13(16)18-14(12)17)10-7-3-5-8-4-1-2-6-9(8)10/h1-7,11H. The van der Waals surface area contributed by atoms with E-state index in [1.807, 2.05) is 30.3 Å². The Bertz CT molecular complexity index is 682. The van der Waals surface area contributed by atoms with Crippen molar-refractivity contribution in [1.82, 2.24) is 0 Å². The van der Waals surface area contributed by atoms with Gasteiger partial charge < -0.3 is 4.74 Å². The number of hydrogen-bond donors (Lipinski definition) is 0. The van der Waals surface area contributed by atoms with Crippen molar-refractivity contribution < 1.29 is 19.1 Å². The summed E-state index contributed by atoms with van der Waals surface area (Å²) in [5, 5.41) is 1.69. The van der Waals surface area contributed by atoms with Crippen LogP contribution >= 0.6 is 0 Å². The SMILES string of the molecule is O=C1OC(=O)C(c2cccc3ccccc23)C1=O. The molecule has 1 saturated heterocycles. The second kappa shape index (κ2) is 3.77. The molecule has 0 radical (unpaired) electrons. The molecule has 4 heteroatoms. The highest BCUT2D eigenvalue weighted by Crippen LogP contribution is 2.30. The Labute approximate surface area is 102 Å². The van der Waals surface area contributed by atoms with Crippen LogP contribution in [-0.2, 0) is 19.1 Å². The predicted octanol–water partition coefficient (Wildman–Crippen LogP) is 1.58. The minimum atomic E-state index is -1.12. The Kier molecular flexibility index (Phi) is 2.23. The van der Waals surface area contributed by atoms with E-state index in [9.17, 15) is 14.4 Å². The normalized spacial score (nSPS) is 19.3. The van der Waals surface area contributed by atoms with Crippen LogP contribution in [0.1, 0.15) is 11.5 Å². The maximum atomic E-state index is 11.7. The summed E-state index contributed by atoms with van der Waals surface area (Å²) in [4.78, 5) is 34.4. The monoisotopic (exact) mass is 240 g/mol. The van der Waals surface area contributed by atoms with Gasteiger partial charge in [0.2, 0.25) is 0 Å². The third-order valence-electron chi connectivity index (χ3n) is 3.03. The molecule has 2 aromatic rings. The summed E-state index contributed by atoms with van der Waals surface area (Å²) in [5.41, 5.74) is 0.522. The van der Waals surface area contributed by atoms with E-state index in [4.69, 9.17) is 0 Å². The van der Waals surface area contributed by atoms with Crippen LogP contribution in [0.2, 0.25) is 0 Å². The van der Waals surface area contributed by atoms with E-state index >= 15 is 0 Å². The lowest BCUT2D eigenvalue weighted by Gasteiger charge is -2.08. The number of fused-ring (bicyclic) bond motifs is 1. The number of hydrogen-bond acceptors (Lipinski definition) is 4. The second-order valence-electron chi connectivity index (χ2n) is 4.07. The van der Waals surface area contributed by atoms with Crippen molar-refractivity contribution in [1.29, 1.82) is 0 Å². The topological polar surface area (TPSA) is 60.4 Å². The summed E-state index contributed by atoms with van der Waals surface area (Å²) in [6.07, 6.45) is 0. The van der Waals surface area contributed by atoms with Gasteiger partial charge in [-0.3, -0.25) is 9.59 Å². The molecule has 1 aliphatic heterocycles. The van der Waals surface area contributed by atoms with Crippen molar-refractivity contribution in [2.75, 3.05) is 0 Å². The fraction of sp³-hybridized carbons (Fsp3) is 0.0714. The molecule has 1 heterocycles. The molecule has 18 heavy (non-hydrogen) atoms. The van der Waals surface area contributed by atoms with Crippen molar-refractivity contribution >= 4 is 28.5 Å². The first-order valence-electron chi connectivity index (χ1n) is 5.46. The van der Waals surface area contributed by atoms with E-state index in [2.05, 4.69) is 4.74 Å². The summed E-state index contributed by atoms with van der Waals surface area (Å²) in [5.74, 6) is -3.78. The molecule has 2 aromatic carbocycles. The van der Waals surface area contributed by atoms with Gasteiger partial charge in [0.05, 0.1) is 0 Å². The van der Waals surface area contributed by atoms with Gasteiger partial charge in [-0.2, -0.15) is 0 Å². The van der Waals surface area contributed by atoms with Crippen LogP contribution in [0, 0.1) is 0 Å². The van der Waals surface area contributed by atoms with Crippen LogP contribution in [0.4, 0.5) is 0 Å². The largest absolute Gasteiger partial charge is 0.386 e. The molecule has 3 rings (SSSR count). The molecular formula is C14H8O4. The van der Waals surface area contributed by atoms with Gasteiger partial charge in [0.1, 0.15) is 0 Å². The Morgan fingerprint density at radius 1 is 0.889 bits per heavy atom. The highest BCUT2D eigenvalue weighted by atomic mass is 16.6. The highest BCUT2D eigenvalue weighted by molar-refractivity contribution is 6.46. The number of rotatable bonds is 1. The van der Waals surface area contributed by atoms with Gasteiger partial charge >= 0.3 is 11.9 Å².